The molecule has 2 heterocycles. The first-order chi connectivity index (χ1) is 10.4. The van der Waals surface area contributed by atoms with Gasteiger partial charge in [0.25, 0.3) is 0 Å². The van der Waals surface area contributed by atoms with Crippen molar-refractivity contribution in [1.82, 2.24) is 15.0 Å². The molecule has 3 rings (SSSR count). The van der Waals surface area contributed by atoms with E-state index in [9.17, 15) is 13.2 Å². The fourth-order valence-corrected chi connectivity index (χ4v) is 3.00. The number of aryl methyl sites for hydroxylation is 1. The maximum Gasteiger partial charge on any atom is 0.416 e. The Bertz CT molecular complexity index is 653. The summed E-state index contributed by atoms with van der Waals surface area (Å²) in [6.45, 7) is 2.82. The van der Waals surface area contributed by atoms with Crippen molar-refractivity contribution in [2.75, 3.05) is 6.54 Å². The summed E-state index contributed by atoms with van der Waals surface area (Å²) in [5, 5.41) is 3.83. The van der Waals surface area contributed by atoms with Gasteiger partial charge in [0, 0.05) is 13.0 Å². The fourth-order valence-electron chi connectivity index (χ4n) is 3.00. The van der Waals surface area contributed by atoms with Crippen molar-refractivity contribution in [1.29, 1.82) is 0 Å². The molecule has 1 aromatic heterocycles. The van der Waals surface area contributed by atoms with Crippen LogP contribution >= 0.6 is 0 Å². The zero-order chi connectivity index (χ0) is 15.7. The summed E-state index contributed by atoms with van der Waals surface area (Å²) in [4.78, 5) is 6.11. The van der Waals surface area contributed by atoms with E-state index in [0.717, 1.165) is 19.0 Å². The van der Waals surface area contributed by atoms with E-state index in [1.807, 2.05) is 4.90 Å². The molecule has 0 aliphatic carbocycles. The first kappa shape index (κ1) is 15.0. The highest BCUT2D eigenvalue weighted by atomic mass is 19.4. The third-order valence-corrected chi connectivity index (χ3v) is 3.90. The molecule has 1 atom stereocenters. The molecule has 0 amide bonds. The van der Waals surface area contributed by atoms with E-state index in [1.165, 1.54) is 6.07 Å². The van der Waals surface area contributed by atoms with E-state index in [0.29, 0.717) is 30.2 Å². The van der Waals surface area contributed by atoms with Crippen LogP contribution in [0.25, 0.3) is 0 Å². The molecule has 0 unspecified atom stereocenters. The molecule has 4 nitrogen and oxygen atoms in total. The second-order valence-electron chi connectivity index (χ2n) is 5.44. The molecule has 1 saturated heterocycles. The molecule has 1 fully saturated rings. The number of alkyl halides is 3. The first-order valence-corrected chi connectivity index (χ1v) is 7.14. The van der Waals surface area contributed by atoms with Crippen molar-refractivity contribution >= 4 is 0 Å². The monoisotopic (exact) mass is 311 g/mol. The maximum absolute atomic E-state index is 13.2. The average Bonchev–Trinajstić information content (AvgIpc) is 3.07. The van der Waals surface area contributed by atoms with E-state index in [2.05, 4.69) is 10.1 Å². The number of rotatable bonds is 3. The lowest BCUT2D eigenvalue weighted by molar-refractivity contribution is -0.138. The zero-order valence-electron chi connectivity index (χ0n) is 12.1. The molecule has 22 heavy (non-hydrogen) atoms. The van der Waals surface area contributed by atoms with Gasteiger partial charge in [0.15, 0.2) is 5.82 Å². The van der Waals surface area contributed by atoms with Crippen molar-refractivity contribution in [3.63, 3.8) is 0 Å². The second kappa shape index (κ2) is 5.72. The van der Waals surface area contributed by atoms with E-state index >= 15 is 0 Å². The number of benzene rings is 1. The molecule has 1 aliphatic rings. The number of hydrogen-bond donors (Lipinski definition) is 0. The molecule has 0 N–H and O–H groups in total. The predicted molar refractivity (Wildman–Crippen MR) is 72.9 cm³/mol. The van der Waals surface area contributed by atoms with E-state index in [4.69, 9.17) is 4.52 Å². The van der Waals surface area contributed by atoms with Crippen LogP contribution < -0.4 is 0 Å². The SMILES string of the molecule is Cc1nc(CN2CCC[C@H]2c2ccccc2C(F)(F)F)no1. The van der Waals surface area contributed by atoms with Crippen LogP contribution in [0.4, 0.5) is 13.2 Å². The van der Waals surface area contributed by atoms with E-state index < -0.39 is 11.7 Å². The Morgan fingerprint density at radius 1 is 1.32 bits per heavy atom. The summed E-state index contributed by atoms with van der Waals surface area (Å²) >= 11 is 0. The lowest BCUT2D eigenvalue weighted by Crippen LogP contribution is -2.25. The largest absolute Gasteiger partial charge is 0.416 e. The summed E-state index contributed by atoms with van der Waals surface area (Å²) < 4.78 is 44.5. The van der Waals surface area contributed by atoms with Gasteiger partial charge in [-0.3, -0.25) is 4.90 Å². The number of nitrogens with zero attached hydrogens (tertiary/aromatic N) is 3. The average molecular weight is 311 g/mol. The number of halogens is 3. The van der Waals surface area contributed by atoms with Gasteiger partial charge >= 0.3 is 6.18 Å². The van der Waals surface area contributed by atoms with Gasteiger partial charge in [-0.2, -0.15) is 18.2 Å². The Morgan fingerprint density at radius 3 is 2.77 bits per heavy atom. The van der Waals surface area contributed by atoms with Crippen LogP contribution in [0.5, 0.6) is 0 Å². The Kier molecular flexibility index (Phi) is 3.90. The summed E-state index contributed by atoms with van der Waals surface area (Å²) in [6, 6.07) is 5.52. The van der Waals surface area contributed by atoms with Crippen molar-refractivity contribution < 1.29 is 17.7 Å². The van der Waals surface area contributed by atoms with Gasteiger partial charge in [0.1, 0.15) is 0 Å². The Balaban J connectivity index is 1.87. The molecular weight excluding hydrogens is 295 g/mol. The zero-order valence-corrected chi connectivity index (χ0v) is 12.1. The van der Waals surface area contributed by atoms with Crippen molar-refractivity contribution in [2.45, 2.75) is 38.5 Å². The molecule has 1 aliphatic heterocycles. The quantitative estimate of drug-likeness (QED) is 0.866. The Morgan fingerprint density at radius 2 is 2.09 bits per heavy atom. The third-order valence-electron chi connectivity index (χ3n) is 3.90. The van der Waals surface area contributed by atoms with Gasteiger partial charge in [-0.25, -0.2) is 0 Å². The topological polar surface area (TPSA) is 42.2 Å². The van der Waals surface area contributed by atoms with Crippen molar-refractivity contribution in [2.24, 2.45) is 0 Å². The minimum absolute atomic E-state index is 0.267. The van der Waals surface area contributed by atoms with Gasteiger partial charge in [0.2, 0.25) is 5.89 Å². The molecule has 7 heteroatoms. The van der Waals surface area contributed by atoms with Crippen LogP contribution in [0.3, 0.4) is 0 Å². The lowest BCUT2D eigenvalue weighted by atomic mass is 9.98. The highest BCUT2D eigenvalue weighted by Crippen LogP contribution is 2.40. The minimum Gasteiger partial charge on any atom is -0.340 e. The van der Waals surface area contributed by atoms with E-state index in [1.54, 1.807) is 19.1 Å². The summed E-state index contributed by atoms with van der Waals surface area (Å²) in [6.07, 6.45) is -2.79. The second-order valence-corrected chi connectivity index (χ2v) is 5.44. The molecule has 0 spiro atoms. The predicted octanol–water partition coefficient (Wildman–Crippen LogP) is 3.73. The summed E-state index contributed by atoms with van der Waals surface area (Å²) in [7, 11) is 0. The number of hydrogen-bond acceptors (Lipinski definition) is 4. The van der Waals surface area contributed by atoms with Gasteiger partial charge < -0.3 is 4.52 Å². The standard InChI is InChI=1S/C15H16F3N3O/c1-10-19-14(20-22-10)9-21-8-4-7-13(21)11-5-2-3-6-12(11)15(16,17)18/h2-3,5-6,13H,4,7-9H2,1H3/t13-/m0/s1. The minimum atomic E-state index is -4.34. The third kappa shape index (κ3) is 2.99. The summed E-state index contributed by atoms with van der Waals surface area (Å²) in [5.41, 5.74) is -0.232. The molecular formula is C15H16F3N3O. The van der Waals surface area contributed by atoms with Crippen LogP contribution in [0.2, 0.25) is 0 Å². The first-order valence-electron chi connectivity index (χ1n) is 7.14. The maximum atomic E-state index is 13.2. The van der Waals surface area contributed by atoms with Gasteiger partial charge in [-0.05, 0) is 31.0 Å². The number of aromatic nitrogens is 2. The molecule has 2 aromatic rings. The molecule has 0 saturated carbocycles. The number of likely N-dealkylation sites (tertiary alicyclic amines) is 1. The highest BCUT2D eigenvalue weighted by Gasteiger charge is 2.37. The normalized spacial score (nSPS) is 19.7. The lowest BCUT2D eigenvalue weighted by Gasteiger charge is -2.26. The van der Waals surface area contributed by atoms with E-state index in [-0.39, 0.29) is 6.04 Å². The van der Waals surface area contributed by atoms with Crippen LogP contribution in [0.15, 0.2) is 28.8 Å². The van der Waals surface area contributed by atoms with Crippen LogP contribution in [0, 0.1) is 6.92 Å². The van der Waals surface area contributed by atoms with Crippen LogP contribution in [-0.4, -0.2) is 21.6 Å². The smallest absolute Gasteiger partial charge is 0.340 e. The fraction of sp³-hybridized carbons (Fsp3) is 0.467. The van der Waals surface area contributed by atoms with Crippen molar-refractivity contribution in [3.05, 3.63) is 47.1 Å². The molecule has 0 bridgehead atoms. The molecule has 1 aromatic carbocycles. The van der Waals surface area contributed by atoms with Gasteiger partial charge in [-0.1, -0.05) is 23.4 Å². The molecule has 0 radical (unpaired) electrons. The Hall–Kier alpha value is -1.89. The molecule has 118 valence electrons. The van der Waals surface area contributed by atoms with Crippen LogP contribution in [-0.2, 0) is 12.7 Å². The van der Waals surface area contributed by atoms with Crippen LogP contribution in [0.1, 0.15) is 41.7 Å². The Labute approximate surface area is 125 Å². The van der Waals surface area contributed by atoms with Gasteiger partial charge in [-0.15, -0.1) is 0 Å². The van der Waals surface area contributed by atoms with Gasteiger partial charge in [0.05, 0.1) is 12.1 Å². The van der Waals surface area contributed by atoms with Crippen molar-refractivity contribution in [3.8, 4) is 0 Å². The highest BCUT2D eigenvalue weighted by molar-refractivity contribution is 5.33. The summed E-state index contributed by atoms with van der Waals surface area (Å²) in [5.74, 6) is 0.968.